The lowest BCUT2D eigenvalue weighted by Crippen LogP contribution is -2.15. The molecule has 2 heteroatoms. The average Bonchev–Trinajstić information content (AvgIpc) is 1.59. The standard InChI is InChI=1S/C8H18OSi/c1-8(9)6-5-7-10(2,3)4/h5,7-9H,6H2,1-4H3/b7-5+. The minimum Gasteiger partial charge on any atom is -0.393 e. The minimum atomic E-state index is -1.02. The summed E-state index contributed by atoms with van der Waals surface area (Å²) in [6, 6.07) is 0. The highest BCUT2D eigenvalue weighted by molar-refractivity contribution is 6.80. The number of rotatable bonds is 3. The SMILES string of the molecule is CC(O)C/C=C/[Si](C)(C)C. The Balaban J connectivity index is 3.57. The van der Waals surface area contributed by atoms with Crippen LogP contribution in [0, 0.1) is 0 Å². The maximum absolute atomic E-state index is 8.91. The number of hydrogen-bond acceptors (Lipinski definition) is 1. The zero-order valence-corrected chi connectivity index (χ0v) is 8.39. The Labute approximate surface area is 64.8 Å². The van der Waals surface area contributed by atoms with Gasteiger partial charge in [0.1, 0.15) is 0 Å². The van der Waals surface area contributed by atoms with Gasteiger partial charge in [-0.05, 0) is 13.3 Å². The highest BCUT2D eigenvalue weighted by Gasteiger charge is 2.06. The van der Waals surface area contributed by atoms with Gasteiger partial charge in [0.2, 0.25) is 0 Å². The van der Waals surface area contributed by atoms with Crippen molar-refractivity contribution < 1.29 is 5.11 Å². The van der Waals surface area contributed by atoms with Crippen LogP contribution in [0.3, 0.4) is 0 Å². The van der Waals surface area contributed by atoms with Crippen molar-refractivity contribution in [3.63, 3.8) is 0 Å². The Morgan fingerprint density at radius 1 is 1.40 bits per heavy atom. The van der Waals surface area contributed by atoms with E-state index in [1.54, 1.807) is 0 Å². The first kappa shape index (κ1) is 9.92. The third-order valence-corrected chi connectivity index (χ3v) is 2.33. The van der Waals surface area contributed by atoms with E-state index in [4.69, 9.17) is 5.11 Å². The van der Waals surface area contributed by atoms with Gasteiger partial charge in [-0.15, -0.1) is 0 Å². The Bertz CT molecular complexity index is 111. The molecule has 0 spiro atoms. The van der Waals surface area contributed by atoms with Crippen molar-refractivity contribution in [3.8, 4) is 0 Å². The molecule has 1 unspecified atom stereocenters. The molecule has 1 nitrogen and oxygen atoms in total. The molecule has 0 aromatic heterocycles. The highest BCUT2D eigenvalue weighted by atomic mass is 28.3. The second-order valence-electron chi connectivity index (χ2n) is 3.85. The molecule has 1 N–H and O–H groups in total. The van der Waals surface area contributed by atoms with Gasteiger partial charge >= 0.3 is 0 Å². The molecule has 0 heterocycles. The summed E-state index contributed by atoms with van der Waals surface area (Å²) in [5, 5.41) is 8.91. The van der Waals surface area contributed by atoms with Gasteiger partial charge in [-0.25, -0.2) is 0 Å². The zero-order chi connectivity index (χ0) is 8.20. The van der Waals surface area contributed by atoms with Crippen LogP contribution in [0.2, 0.25) is 19.6 Å². The van der Waals surface area contributed by atoms with Crippen LogP contribution in [-0.4, -0.2) is 19.3 Å². The third-order valence-electron chi connectivity index (χ3n) is 1.10. The van der Waals surface area contributed by atoms with Crippen molar-refractivity contribution >= 4 is 8.07 Å². The first-order chi connectivity index (χ1) is 4.42. The predicted molar refractivity (Wildman–Crippen MR) is 48.8 cm³/mol. The lowest BCUT2D eigenvalue weighted by Gasteiger charge is -2.08. The predicted octanol–water partition coefficient (Wildman–Crippen LogP) is 2.19. The van der Waals surface area contributed by atoms with E-state index in [1.165, 1.54) is 0 Å². The van der Waals surface area contributed by atoms with E-state index in [2.05, 4.69) is 31.4 Å². The fraction of sp³-hybridized carbons (Fsp3) is 0.750. The van der Waals surface area contributed by atoms with Crippen LogP contribution in [-0.2, 0) is 0 Å². The second kappa shape index (κ2) is 3.94. The topological polar surface area (TPSA) is 20.2 Å². The molecule has 0 saturated carbocycles. The maximum Gasteiger partial charge on any atom is 0.0682 e. The molecule has 0 saturated heterocycles. The van der Waals surface area contributed by atoms with Crippen LogP contribution in [0.4, 0.5) is 0 Å². The molecule has 0 radical (unpaired) electrons. The van der Waals surface area contributed by atoms with Crippen molar-refractivity contribution in [2.75, 3.05) is 0 Å². The monoisotopic (exact) mass is 158 g/mol. The molecule has 0 aliphatic heterocycles. The van der Waals surface area contributed by atoms with Crippen LogP contribution in [0.25, 0.3) is 0 Å². The quantitative estimate of drug-likeness (QED) is 0.624. The molecule has 0 aromatic carbocycles. The Kier molecular flexibility index (Phi) is 3.90. The fourth-order valence-corrected chi connectivity index (χ4v) is 1.46. The van der Waals surface area contributed by atoms with Crippen LogP contribution >= 0.6 is 0 Å². The van der Waals surface area contributed by atoms with Crippen LogP contribution < -0.4 is 0 Å². The van der Waals surface area contributed by atoms with Crippen molar-refractivity contribution in [2.45, 2.75) is 39.1 Å². The van der Waals surface area contributed by atoms with Crippen molar-refractivity contribution in [2.24, 2.45) is 0 Å². The van der Waals surface area contributed by atoms with Crippen LogP contribution in [0.15, 0.2) is 11.8 Å². The summed E-state index contributed by atoms with van der Waals surface area (Å²) in [7, 11) is -1.02. The Morgan fingerprint density at radius 2 is 1.90 bits per heavy atom. The van der Waals surface area contributed by atoms with E-state index in [9.17, 15) is 0 Å². The van der Waals surface area contributed by atoms with E-state index < -0.39 is 8.07 Å². The largest absolute Gasteiger partial charge is 0.393 e. The van der Waals surface area contributed by atoms with E-state index >= 15 is 0 Å². The molecule has 0 bridgehead atoms. The number of aliphatic hydroxyl groups is 1. The summed E-state index contributed by atoms with van der Waals surface area (Å²) in [6.45, 7) is 8.66. The van der Waals surface area contributed by atoms with E-state index in [-0.39, 0.29) is 6.10 Å². The first-order valence-electron chi connectivity index (χ1n) is 3.77. The summed E-state index contributed by atoms with van der Waals surface area (Å²) < 4.78 is 0. The van der Waals surface area contributed by atoms with Crippen LogP contribution in [0.5, 0.6) is 0 Å². The average molecular weight is 158 g/mol. The zero-order valence-electron chi connectivity index (χ0n) is 7.39. The summed E-state index contributed by atoms with van der Waals surface area (Å²) in [5.41, 5.74) is 2.26. The molecule has 0 aliphatic carbocycles. The third kappa shape index (κ3) is 7.92. The maximum atomic E-state index is 8.91. The molecule has 1 atom stereocenters. The van der Waals surface area contributed by atoms with Crippen LogP contribution in [0.1, 0.15) is 13.3 Å². The molecule has 0 rings (SSSR count). The molecule has 0 amide bonds. The minimum absolute atomic E-state index is 0.187. The van der Waals surface area contributed by atoms with Crippen molar-refractivity contribution in [1.82, 2.24) is 0 Å². The number of aliphatic hydroxyl groups excluding tert-OH is 1. The molecular formula is C8H18OSi. The van der Waals surface area contributed by atoms with Gasteiger partial charge in [0, 0.05) is 0 Å². The van der Waals surface area contributed by atoms with E-state index in [1.807, 2.05) is 6.92 Å². The van der Waals surface area contributed by atoms with Crippen molar-refractivity contribution in [3.05, 3.63) is 11.8 Å². The smallest absolute Gasteiger partial charge is 0.0682 e. The van der Waals surface area contributed by atoms with Gasteiger partial charge in [-0.3, -0.25) is 0 Å². The van der Waals surface area contributed by atoms with Gasteiger partial charge < -0.3 is 5.11 Å². The van der Waals surface area contributed by atoms with Gasteiger partial charge in [0.15, 0.2) is 0 Å². The summed E-state index contributed by atoms with van der Waals surface area (Å²) >= 11 is 0. The summed E-state index contributed by atoms with van der Waals surface area (Å²) in [6.07, 6.45) is 2.70. The van der Waals surface area contributed by atoms with Crippen molar-refractivity contribution in [1.29, 1.82) is 0 Å². The molecule has 10 heavy (non-hydrogen) atoms. The summed E-state index contributed by atoms with van der Waals surface area (Å²) in [4.78, 5) is 0. The van der Waals surface area contributed by atoms with E-state index in [0.717, 1.165) is 6.42 Å². The number of hydrogen-bond donors (Lipinski definition) is 1. The second-order valence-corrected chi connectivity index (χ2v) is 8.92. The Hall–Kier alpha value is -0.0831. The van der Waals surface area contributed by atoms with Gasteiger partial charge in [-0.1, -0.05) is 31.4 Å². The summed E-state index contributed by atoms with van der Waals surface area (Å²) in [5.74, 6) is 0. The molecule has 0 fully saturated rings. The highest BCUT2D eigenvalue weighted by Crippen LogP contribution is 2.03. The van der Waals surface area contributed by atoms with Gasteiger partial charge in [-0.2, -0.15) is 0 Å². The van der Waals surface area contributed by atoms with Gasteiger partial charge in [0.25, 0.3) is 0 Å². The molecule has 0 aliphatic rings. The van der Waals surface area contributed by atoms with E-state index in [0.29, 0.717) is 0 Å². The Morgan fingerprint density at radius 3 is 2.20 bits per heavy atom. The fourth-order valence-electron chi connectivity index (χ4n) is 0.619. The molecular weight excluding hydrogens is 140 g/mol. The van der Waals surface area contributed by atoms with Gasteiger partial charge in [0.05, 0.1) is 14.2 Å². The molecule has 60 valence electrons. The normalized spacial score (nSPS) is 16.1. The lowest BCUT2D eigenvalue weighted by atomic mass is 10.3. The lowest BCUT2D eigenvalue weighted by molar-refractivity contribution is 0.198. The molecule has 0 aromatic rings. The first-order valence-corrected chi connectivity index (χ1v) is 7.35.